The first-order chi connectivity index (χ1) is 9.34. The summed E-state index contributed by atoms with van der Waals surface area (Å²) in [5.74, 6) is 0. The van der Waals surface area contributed by atoms with Gasteiger partial charge in [-0.25, -0.2) is 14.9 Å². The van der Waals surface area contributed by atoms with E-state index in [4.69, 9.17) is 9.68 Å². The van der Waals surface area contributed by atoms with E-state index in [-0.39, 0.29) is 11.2 Å². The molecule has 3 rings (SSSR count). The van der Waals surface area contributed by atoms with Crippen molar-refractivity contribution in [3.8, 4) is 0 Å². The zero-order valence-electron chi connectivity index (χ0n) is 11.8. The minimum absolute atomic E-state index is 0.359. The zero-order valence-corrected chi connectivity index (χ0v) is 16.0. The van der Waals surface area contributed by atoms with E-state index >= 15 is 0 Å². The molecule has 0 aliphatic carbocycles. The van der Waals surface area contributed by atoms with Gasteiger partial charge in [-0.15, -0.1) is 5.23 Å². The maximum absolute atomic E-state index is 5.94. The molecule has 0 saturated carbocycles. The van der Waals surface area contributed by atoms with Gasteiger partial charge < -0.3 is 0 Å². The highest BCUT2D eigenvalue weighted by molar-refractivity contribution is 14.2. The average Bonchev–Trinajstić information content (AvgIpc) is 2.87. The predicted molar refractivity (Wildman–Crippen MR) is 95.1 cm³/mol. The van der Waals surface area contributed by atoms with Gasteiger partial charge in [0.05, 0.1) is 17.7 Å². The number of rotatable bonds is 2. The monoisotopic (exact) mass is 425 g/mol. The van der Waals surface area contributed by atoms with E-state index in [0.717, 1.165) is 5.69 Å². The minimum atomic E-state index is -0.359. The van der Waals surface area contributed by atoms with Gasteiger partial charge in [-0.2, -0.15) is 0 Å². The van der Waals surface area contributed by atoms with Gasteiger partial charge in [0.15, 0.2) is 0 Å². The van der Waals surface area contributed by atoms with Gasteiger partial charge in [0.2, 0.25) is 0 Å². The van der Waals surface area contributed by atoms with Crippen LogP contribution in [-0.2, 0) is 9.68 Å². The van der Waals surface area contributed by atoms with E-state index in [2.05, 4.69) is 44.1 Å². The van der Waals surface area contributed by atoms with Crippen LogP contribution in [0.25, 0.3) is 0 Å². The number of hydrogen-bond donors (Lipinski definition) is 1. The van der Waals surface area contributed by atoms with Crippen molar-refractivity contribution in [1.29, 1.82) is 0 Å². The normalized spacial score (nSPS) is 25.1. The Bertz CT molecular complexity index is 525. The number of hydrogen-bond acceptors (Lipinski definition) is 5. The molecule has 0 spiro atoms. The van der Waals surface area contributed by atoms with Crippen LogP contribution in [0.1, 0.15) is 27.7 Å². The topological polar surface area (TPSA) is 37.0 Å². The molecule has 0 aromatic heterocycles. The Balaban J connectivity index is 1.87. The molecule has 5 nitrogen and oxygen atoms in total. The molecule has 0 amide bonds. The van der Waals surface area contributed by atoms with Crippen LogP contribution in [-0.4, -0.2) is 11.2 Å². The van der Waals surface area contributed by atoms with Crippen molar-refractivity contribution in [3.63, 3.8) is 0 Å². The van der Waals surface area contributed by atoms with Crippen molar-refractivity contribution in [2.75, 3.05) is 10.0 Å². The quantitative estimate of drug-likeness (QED) is 0.581. The van der Waals surface area contributed by atoms with Crippen LogP contribution in [0.5, 0.6) is 0 Å². The maximum atomic E-state index is 5.94. The summed E-state index contributed by atoms with van der Waals surface area (Å²) in [4.78, 5) is 11.9. The smallest absolute Gasteiger partial charge is 0.124 e. The van der Waals surface area contributed by atoms with Gasteiger partial charge in [-0.05, 0) is 67.9 Å². The van der Waals surface area contributed by atoms with Crippen molar-refractivity contribution >= 4 is 53.8 Å². The van der Waals surface area contributed by atoms with Crippen LogP contribution in [0.3, 0.4) is 0 Å². The lowest BCUT2D eigenvalue weighted by Crippen LogP contribution is -2.41. The van der Waals surface area contributed by atoms with E-state index in [1.807, 2.05) is 33.8 Å². The molecule has 0 bridgehead atoms. The lowest BCUT2D eigenvalue weighted by molar-refractivity contribution is -0.0272. The number of benzene rings is 1. The third-order valence-corrected chi connectivity index (χ3v) is 7.09. The van der Waals surface area contributed by atoms with Crippen LogP contribution < -0.4 is 20.5 Å². The first kappa shape index (κ1) is 15.2. The van der Waals surface area contributed by atoms with Gasteiger partial charge in [-0.3, -0.25) is 4.78 Å². The summed E-state index contributed by atoms with van der Waals surface area (Å²) in [5.41, 5.74) is 1.47. The Morgan fingerprint density at radius 1 is 1.20 bits per heavy atom. The van der Waals surface area contributed by atoms with Crippen LogP contribution in [0.4, 0.5) is 11.4 Å². The van der Waals surface area contributed by atoms with Gasteiger partial charge in [0, 0.05) is 14.0 Å². The second kappa shape index (κ2) is 5.18. The van der Waals surface area contributed by atoms with Gasteiger partial charge >= 0.3 is 0 Å². The molecule has 0 radical (unpaired) electrons. The Morgan fingerprint density at radius 3 is 2.45 bits per heavy atom. The highest BCUT2D eigenvalue weighted by Crippen LogP contribution is 2.42. The second-order valence-corrected chi connectivity index (χ2v) is 8.89. The van der Waals surface area contributed by atoms with Crippen LogP contribution >= 0.6 is 37.1 Å². The first-order valence-electron chi connectivity index (χ1n) is 6.34. The largest absolute Gasteiger partial charge is 0.277 e. The van der Waals surface area contributed by atoms with E-state index in [9.17, 15) is 0 Å². The molecule has 2 aliphatic rings. The fourth-order valence-corrected chi connectivity index (χ4v) is 5.43. The summed E-state index contributed by atoms with van der Waals surface area (Å²) in [7, 11) is 0.592. The van der Waals surface area contributed by atoms with Crippen molar-refractivity contribution in [1.82, 2.24) is 5.20 Å². The zero-order chi connectivity index (χ0) is 14.5. The highest BCUT2D eigenvalue weighted by atomic mass is 127. The third-order valence-electron chi connectivity index (χ3n) is 3.89. The van der Waals surface area contributed by atoms with Crippen molar-refractivity contribution < 1.29 is 9.68 Å². The first-order valence-corrected chi connectivity index (χ1v) is 11.4. The summed E-state index contributed by atoms with van der Waals surface area (Å²) in [6.07, 6.45) is 0.687. The Kier molecular flexibility index (Phi) is 3.94. The standard InChI is InChI=1S/C12H18IN3O2P2/c1-11(2)12(3,4)18-16(17-11)8-5-6-9-10(7-8)19-14-15(9)20-13/h5-7,14,19-20H,1-4H3. The molecule has 20 heavy (non-hydrogen) atoms. The van der Waals surface area contributed by atoms with Crippen molar-refractivity contribution in [2.24, 2.45) is 0 Å². The molecule has 1 aromatic rings. The fraction of sp³-hybridized carbons (Fsp3) is 0.500. The molecular weight excluding hydrogens is 407 g/mol. The summed E-state index contributed by atoms with van der Waals surface area (Å²) in [6, 6.07) is 6.29. The number of anilines is 2. The van der Waals surface area contributed by atoms with E-state index in [0.29, 0.717) is 15.1 Å². The molecule has 2 heterocycles. The van der Waals surface area contributed by atoms with Crippen LogP contribution in [0, 0.1) is 0 Å². The molecular formula is C12H18IN3O2P2. The van der Waals surface area contributed by atoms with Crippen LogP contribution in [0.15, 0.2) is 18.2 Å². The maximum Gasteiger partial charge on any atom is 0.124 e. The molecule has 1 fully saturated rings. The Morgan fingerprint density at radius 2 is 1.85 bits per heavy atom. The second-order valence-electron chi connectivity index (χ2n) is 5.82. The molecule has 2 aliphatic heterocycles. The summed E-state index contributed by atoms with van der Waals surface area (Å²) >= 11 is 2.38. The minimum Gasteiger partial charge on any atom is -0.277 e. The van der Waals surface area contributed by atoms with E-state index < -0.39 is 0 Å². The van der Waals surface area contributed by atoms with E-state index in [1.165, 1.54) is 11.0 Å². The lowest BCUT2D eigenvalue weighted by Gasteiger charge is -2.26. The molecule has 8 heteroatoms. The summed E-state index contributed by atoms with van der Waals surface area (Å²) in [6.45, 7) is 8.18. The molecule has 110 valence electrons. The van der Waals surface area contributed by atoms with Gasteiger partial charge in [0.1, 0.15) is 11.2 Å². The highest BCUT2D eigenvalue weighted by Gasteiger charge is 2.50. The molecule has 2 atom stereocenters. The number of nitrogens with one attached hydrogen (secondary N) is 1. The number of fused-ring (bicyclic) bond motifs is 1. The van der Waals surface area contributed by atoms with Crippen molar-refractivity contribution in [3.05, 3.63) is 18.2 Å². The number of hydrazine groups is 1. The summed E-state index contributed by atoms with van der Waals surface area (Å²) in [5, 5.41) is 6.24. The van der Waals surface area contributed by atoms with Crippen molar-refractivity contribution in [2.45, 2.75) is 38.9 Å². The van der Waals surface area contributed by atoms with Crippen LogP contribution in [0.2, 0.25) is 0 Å². The van der Waals surface area contributed by atoms with Gasteiger partial charge in [0.25, 0.3) is 0 Å². The molecule has 2 unspecified atom stereocenters. The number of halogens is 1. The molecule has 1 aromatic carbocycles. The lowest BCUT2D eigenvalue weighted by atomic mass is 9.90. The Hall–Kier alpha value is 0.290. The average molecular weight is 425 g/mol. The summed E-state index contributed by atoms with van der Waals surface area (Å²) < 4.78 is 2.18. The predicted octanol–water partition coefficient (Wildman–Crippen LogP) is 3.41. The Labute approximate surface area is 135 Å². The third kappa shape index (κ3) is 2.44. The van der Waals surface area contributed by atoms with Gasteiger partial charge in [-0.1, -0.05) is 0 Å². The number of nitrogens with zero attached hydrogens (tertiary/aromatic N) is 2. The fourth-order valence-electron chi connectivity index (χ4n) is 1.93. The van der Waals surface area contributed by atoms with E-state index in [1.54, 1.807) is 5.23 Å². The molecule has 1 N–H and O–H groups in total. The molecule has 1 saturated heterocycles. The SMILES string of the molecule is CC1(C)ON(c2ccc3c(c2)PNN3PI)OC1(C)C.